The number of ether oxygens (including phenoxy) is 1. The number of methoxy groups -OCH3 is 1. The Bertz CT molecular complexity index is 317. The second-order valence-corrected chi connectivity index (χ2v) is 3.74. The van der Waals surface area contributed by atoms with Crippen molar-refractivity contribution in [3.63, 3.8) is 0 Å². The molecule has 0 saturated carbocycles. The predicted molar refractivity (Wildman–Crippen MR) is 57.9 cm³/mol. The average Bonchev–Trinajstić information content (AvgIpc) is 2.19. The van der Waals surface area contributed by atoms with E-state index in [0.29, 0.717) is 12.3 Å². The van der Waals surface area contributed by atoms with Crippen molar-refractivity contribution >= 4 is 17.6 Å². The molecule has 14 heavy (non-hydrogen) atoms. The minimum atomic E-state index is 0.00511. The fraction of sp³-hybridized carbons (Fsp3) is 0.333. The lowest BCUT2D eigenvalue weighted by molar-refractivity contribution is 0.218. The van der Waals surface area contributed by atoms with Gasteiger partial charge in [0.25, 0.3) is 0 Å². The number of amidine groups is 1. The summed E-state index contributed by atoms with van der Waals surface area (Å²) in [5, 5.41) is 7.33. The molecule has 0 unspecified atom stereocenters. The Morgan fingerprint density at radius 3 is 3.14 bits per heavy atom. The van der Waals surface area contributed by atoms with Crippen LogP contribution in [0.25, 0.3) is 0 Å². The van der Waals surface area contributed by atoms with Crippen LogP contribution < -0.4 is 5.73 Å². The van der Waals surface area contributed by atoms with Crippen molar-refractivity contribution in [1.29, 1.82) is 5.41 Å². The third-order valence-electron chi connectivity index (χ3n) is 1.57. The lowest BCUT2D eigenvalue weighted by atomic mass is 10.3. The molecule has 4 nitrogen and oxygen atoms in total. The van der Waals surface area contributed by atoms with E-state index in [1.54, 1.807) is 25.1 Å². The predicted octanol–water partition coefficient (Wildman–Crippen LogP) is 1.10. The number of rotatable bonds is 5. The lowest BCUT2D eigenvalue weighted by Gasteiger charge is -2.05. The standard InChI is InChI=1S/C9H13N3OS/c1-13-5-6-14-7-3-2-4-12-8(7)9(10)11/h2-4H,5-6H2,1H3,(H3,10,11). The van der Waals surface area contributed by atoms with E-state index in [0.717, 1.165) is 10.6 Å². The van der Waals surface area contributed by atoms with Crippen LogP contribution in [0.4, 0.5) is 0 Å². The molecular weight excluding hydrogens is 198 g/mol. The molecule has 0 bridgehead atoms. The van der Waals surface area contributed by atoms with Gasteiger partial charge in [-0.25, -0.2) is 0 Å². The van der Waals surface area contributed by atoms with Crippen molar-refractivity contribution in [2.45, 2.75) is 4.90 Å². The molecule has 0 atom stereocenters. The number of nitrogen functional groups attached to an aromatic ring is 1. The van der Waals surface area contributed by atoms with Crippen LogP contribution in [0.5, 0.6) is 0 Å². The van der Waals surface area contributed by atoms with Gasteiger partial charge in [-0.1, -0.05) is 0 Å². The minimum absolute atomic E-state index is 0.00511. The van der Waals surface area contributed by atoms with Crippen molar-refractivity contribution in [2.24, 2.45) is 5.73 Å². The molecular formula is C9H13N3OS. The zero-order valence-electron chi connectivity index (χ0n) is 7.99. The summed E-state index contributed by atoms with van der Waals surface area (Å²) >= 11 is 1.59. The lowest BCUT2D eigenvalue weighted by Crippen LogP contribution is -2.14. The molecule has 1 heterocycles. The van der Waals surface area contributed by atoms with Crippen LogP contribution in [0.2, 0.25) is 0 Å². The number of pyridine rings is 1. The first kappa shape index (κ1) is 11.0. The van der Waals surface area contributed by atoms with Crippen LogP contribution in [-0.2, 0) is 4.74 Å². The van der Waals surface area contributed by atoms with Gasteiger partial charge in [-0.15, -0.1) is 11.8 Å². The summed E-state index contributed by atoms with van der Waals surface area (Å²) < 4.78 is 4.94. The second kappa shape index (κ2) is 5.62. The first-order valence-electron chi connectivity index (χ1n) is 4.17. The van der Waals surface area contributed by atoms with Gasteiger partial charge in [-0.05, 0) is 12.1 Å². The van der Waals surface area contributed by atoms with E-state index in [9.17, 15) is 0 Å². The van der Waals surface area contributed by atoms with E-state index in [1.807, 2.05) is 12.1 Å². The molecule has 0 aliphatic carbocycles. The monoisotopic (exact) mass is 211 g/mol. The molecule has 0 fully saturated rings. The number of nitrogens with zero attached hydrogens (tertiary/aromatic N) is 1. The maximum atomic E-state index is 7.33. The molecule has 1 rings (SSSR count). The maximum Gasteiger partial charge on any atom is 0.142 e. The summed E-state index contributed by atoms with van der Waals surface area (Å²) in [6, 6.07) is 3.74. The first-order chi connectivity index (χ1) is 6.75. The van der Waals surface area contributed by atoms with Crippen LogP contribution in [0.3, 0.4) is 0 Å². The molecule has 0 aromatic carbocycles. The number of nitrogens with two attached hydrogens (primary N) is 1. The third kappa shape index (κ3) is 3.01. The SMILES string of the molecule is COCCSc1cccnc1C(=N)N. The average molecular weight is 211 g/mol. The number of nitrogens with one attached hydrogen (secondary N) is 1. The molecule has 0 radical (unpaired) electrons. The van der Waals surface area contributed by atoms with Gasteiger partial charge < -0.3 is 10.5 Å². The van der Waals surface area contributed by atoms with Gasteiger partial charge in [-0.2, -0.15) is 0 Å². The van der Waals surface area contributed by atoms with E-state index < -0.39 is 0 Å². The number of thioether (sulfide) groups is 1. The summed E-state index contributed by atoms with van der Waals surface area (Å²) in [5.41, 5.74) is 5.94. The number of hydrogen-bond donors (Lipinski definition) is 2. The molecule has 0 aliphatic heterocycles. The summed E-state index contributed by atoms with van der Waals surface area (Å²) in [6.07, 6.45) is 1.64. The first-order valence-corrected chi connectivity index (χ1v) is 5.15. The maximum absolute atomic E-state index is 7.33. The smallest absolute Gasteiger partial charge is 0.142 e. The van der Waals surface area contributed by atoms with Gasteiger partial charge in [0, 0.05) is 24.0 Å². The Kier molecular flexibility index (Phi) is 4.42. The van der Waals surface area contributed by atoms with E-state index >= 15 is 0 Å². The molecule has 3 N–H and O–H groups in total. The van der Waals surface area contributed by atoms with E-state index in [2.05, 4.69) is 4.98 Å². The molecule has 76 valence electrons. The quantitative estimate of drug-likeness (QED) is 0.331. The van der Waals surface area contributed by atoms with E-state index in [4.69, 9.17) is 15.9 Å². The molecule has 0 aliphatic rings. The normalized spacial score (nSPS) is 10.1. The van der Waals surface area contributed by atoms with Crippen LogP contribution in [0, 0.1) is 5.41 Å². The van der Waals surface area contributed by atoms with Crippen LogP contribution >= 0.6 is 11.8 Å². The van der Waals surface area contributed by atoms with Crippen LogP contribution in [0.15, 0.2) is 23.2 Å². The van der Waals surface area contributed by atoms with Crippen LogP contribution in [0.1, 0.15) is 5.69 Å². The van der Waals surface area contributed by atoms with Crippen molar-refractivity contribution in [3.8, 4) is 0 Å². The molecule has 1 aromatic heterocycles. The summed E-state index contributed by atoms with van der Waals surface area (Å²) in [4.78, 5) is 4.97. The Morgan fingerprint density at radius 2 is 2.50 bits per heavy atom. The van der Waals surface area contributed by atoms with Gasteiger partial charge >= 0.3 is 0 Å². The van der Waals surface area contributed by atoms with Gasteiger partial charge in [0.1, 0.15) is 11.5 Å². The Hall–Kier alpha value is -1.07. The zero-order valence-corrected chi connectivity index (χ0v) is 8.80. The van der Waals surface area contributed by atoms with E-state index in [-0.39, 0.29) is 5.84 Å². The van der Waals surface area contributed by atoms with Gasteiger partial charge in [0.15, 0.2) is 0 Å². The molecule has 0 amide bonds. The van der Waals surface area contributed by atoms with Crippen molar-refractivity contribution in [3.05, 3.63) is 24.0 Å². The third-order valence-corrected chi connectivity index (χ3v) is 2.58. The fourth-order valence-corrected chi connectivity index (χ4v) is 1.89. The molecule has 5 heteroatoms. The van der Waals surface area contributed by atoms with Crippen molar-refractivity contribution in [2.75, 3.05) is 19.5 Å². The summed E-state index contributed by atoms with van der Waals surface area (Å²) in [7, 11) is 1.66. The second-order valence-electron chi connectivity index (χ2n) is 2.61. The van der Waals surface area contributed by atoms with Crippen molar-refractivity contribution in [1.82, 2.24) is 4.98 Å². The number of hydrogen-bond acceptors (Lipinski definition) is 4. The summed E-state index contributed by atoms with van der Waals surface area (Å²) in [6.45, 7) is 0.677. The molecule has 0 saturated heterocycles. The highest BCUT2D eigenvalue weighted by atomic mass is 32.2. The Morgan fingerprint density at radius 1 is 1.71 bits per heavy atom. The van der Waals surface area contributed by atoms with Gasteiger partial charge in [0.05, 0.1) is 6.61 Å². The summed E-state index contributed by atoms with van der Waals surface area (Å²) in [5.74, 6) is 0.841. The largest absolute Gasteiger partial charge is 0.384 e. The number of aromatic nitrogens is 1. The molecule has 1 aromatic rings. The minimum Gasteiger partial charge on any atom is -0.384 e. The Balaban J connectivity index is 2.69. The fourth-order valence-electron chi connectivity index (χ4n) is 0.944. The van der Waals surface area contributed by atoms with Crippen LogP contribution in [-0.4, -0.2) is 30.3 Å². The zero-order chi connectivity index (χ0) is 10.4. The molecule has 0 spiro atoms. The van der Waals surface area contributed by atoms with E-state index in [1.165, 1.54) is 0 Å². The topological polar surface area (TPSA) is 72.0 Å². The van der Waals surface area contributed by atoms with Crippen molar-refractivity contribution < 1.29 is 4.74 Å². The highest BCUT2D eigenvalue weighted by molar-refractivity contribution is 7.99. The van der Waals surface area contributed by atoms with Gasteiger partial charge in [0.2, 0.25) is 0 Å². The van der Waals surface area contributed by atoms with Gasteiger partial charge in [-0.3, -0.25) is 10.4 Å². The highest BCUT2D eigenvalue weighted by Crippen LogP contribution is 2.19. The highest BCUT2D eigenvalue weighted by Gasteiger charge is 2.05. The Labute approximate surface area is 87.4 Å².